The molecule has 3 rings (SSSR count). The predicted octanol–water partition coefficient (Wildman–Crippen LogP) is 4.07. The van der Waals surface area contributed by atoms with Crippen molar-refractivity contribution in [3.8, 4) is 21.9 Å². The number of methoxy groups -OCH3 is 2. The standard InChI is InChI=1S/C18H21NO5S/c1-22-13-7-6-11(9-14(13)23-2)15-10-12(17(25-15)18(20)21)19-16-5-3-4-8-24-16/h6-7,9-10,16,19H,3-5,8H2,1-2H3,(H,20,21). The Balaban J connectivity index is 1.91. The molecule has 1 aliphatic heterocycles. The van der Waals surface area contributed by atoms with Crippen LogP contribution in [0, 0.1) is 0 Å². The molecule has 0 radical (unpaired) electrons. The van der Waals surface area contributed by atoms with Crippen molar-refractivity contribution in [2.75, 3.05) is 26.1 Å². The summed E-state index contributed by atoms with van der Waals surface area (Å²) in [6.07, 6.45) is 2.86. The van der Waals surface area contributed by atoms with Crippen molar-refractivity contribution in [2.45, 2.75) is 25.5 Å². The van der Waals surface area contributed by atoms with Gasteiger partial charge in [0.05, 0.1) is 19.9 Å². The summed E-state index contributed by atoms with van der Waals surface area (Å²) in [6, 6.07) is 7.40. The smallest absolute Gasteiger partial charge is 0.348 e. The van der Waals surface area contributed by atoms with Crippen molar-refractivity contribution in [3.63, 3.8) is 0 Å². The first-order valence-electron chi connectivity index (χ1n) is 8.10. The first-order chi connectivity index (χ1) is 12.1. The summed E-state index contributed by atoms with van der Waals surface area (Å²) in [4.78, 5) is 12.7. The summed E-state index contributed by atoms with van der Waals surface area (Å²) >= 11 is 1.23. The molecule has 1 unspecified atom stereocenters. The van der Waals surface area contributed by atoms with Crippen molar-refractivity contribution in [2.24, 2.45) is 0 Å². The van der Waals surface area contributed by atoms with Gasteiger partial charge in [-0.2, -0.15) is 0 Å². The van der Waals surface area contributed by atoms with E-state index in [1.165, 1.54) is 11.3 Å². The van der Waals surface area contributed by atoms with Crippen molar-refractivity contribution in [1.29, 1.82) is 0 Å². The molecule has 1 fully saturated rings. The van der Waals surface area contributed by atoms with Crippen molar-refractivity contribution in [1.82, 2.24) is 0 Å². The van der Waals surface area contributed by atoms with Crippen LogP contribution in [0.2, 0.25) is 0 Å². The molecule has 134 valence electrons. The summed E-state index contributed by atoms with van der Waals surface area (Å²) in [5.74, 6) is 0.292. The summed E-state index contributed by atoms with van der Waals surface area (Å²) < 4.78 is 16.2. The van der Waals surface area contributed by atoms with Crippen LogP contribution in [-0.4, -0.2) is 38.1 Å². The second kappa shape index (κ2) is 7.76. The maximum atomic E-state index is 11.6. The van der Waals surface area contributed by atoms with Crippen LogP contribution < -0.4 is 14.8 Å². The number of carboxylic acids is 1. The van der Waals surface area contributed by atoms with Crippen molar-refractivity contribution in [3.05, 3.63) is 29.1 Å². The minimum atomic E-state index is -0.949. The van der Waals surface area contributed by atoms with Crippen LogP contribution in [0.4, 0.5) is 5.69 Å². The highest BCUT2D eigenvalue weighted by atomic mass is 32.1. The van der Waals surface area contributed by atoms with Crippen LogP contribution in [0.5, 0.6) is 11.5 Å². The van der Waals surface area contributed by atoms with E-state index in [4.69, 9.17) is 14.2 Å². The predicted molar refractivity (Wildman–Crippen MR) is 97.0 cm³/mol. The summed E-state index contributed by atoms with van der Waals surface area (Å²) in [5.41, 5.74) is 1.47. The van der Waals surface area contributed by atoms with Gasteiger partial charge in [-0.05, 0) is 49.1 Å². The van der Waals surface area contributed by atoms with Gasteiger partial charge in [-0.25, -0.2) is 4.79 Å². The Labute approximate surface area is 150 Å². The van der Waals surface area contributed by atoms with E-state index < -0.39 is 5.97 Å². The van der Waals surface area contributed by atoms with Gasteiger partial charge in [0.2, 0.25) is 0 Å². The zero-order chi connectivity index (χ0) is 17.8. The average molecular weight is 363 g/mol. The molecule has 2 N–H and O–H groups in total. The number of anilines is 1. The third-order valence-corrected chi connectivity index (χ3v) is 5.26. The number of carbonyl (C=O) groups is 1. The summed E-state index contributed by atoms with van der Waals surface area (Å²) in [5, 5.41) is 12.7. The summed E-state index contributed by atoms with van der Waals surface area (Å²) in [7, 11) is 3.16. The lowest BCUT2D eigenvalue weighted by atomic mass is 10.1. The fourth-order valence-electron chi connectivity index (χ4n) is 2.82. The molecule has 1 atom stereocenters. The zero-order valence-electron chi connectivity index (χ0n) is 14.2. The maximum absolute atomic E-state index is 11.6. The molecule has 6 nitrogen and oxygen atoms in total. The Kier molecular flexibility index (Phi) is 5.45. The lowest BCUT2D eigenvalue weighted by molar-refractivity contribution is 0.0343. The minimum Gasteiger partial charge on any atom is -0.493 e. The molecule has 25 heavy (non-hydrogen) atoms. The maximum Gasteiger partial charge on any atom is 0.348 e. The Hall–Kier alpha value is -2.25. The van der Waals surface area contributed by atoms with Crippen LogP contribution in [0.3, 0.4) is 0 Å². The van der Waals surface area contributed by atoms with Gasteiger partial charge in [-0.15, -0.1) is 11.3 Å². The quantitative estimate of drug-likeness (QED) is 0.806. The van der Waals surface area contributed by atoms with Crippen LogP contribution in [0.25, 0.3) is 10.4 Å². The number of hydrogen-bond donors (Lipinski definition) is 2. The molecule has 0 saturated carbocycles. The van der Waals surface area contributed by atoms with Crippen molar-refractivity contribution >= 4 is 23.0 Å². The largest absolute Gasteiger partial charge is 0.493 e. The lowest BCUT2D eigenvalue weighted by Gasteiger charge is -2.24. The molecule has 0 bridgehead atoms. The molecule has 0 aliphatic carbocycles. The number of carboxylic acid groups (broad SMARTS) is 1. The molecule has 1 aromatic carbocycles. The van der Waals surface area contributed by atoms with Crippen LogP contribution in [0.1, 0.15) is 28.9 Å². The molecule has 1 saturated heterocycles. The zero-order valence-corrected chi connectivity index (χ0v) is 15.0. The number of hydrogen-bond acceptors (Lipinski definition) is 6. The molecule has 2 aromatic rings. The van der Waals surface area contributed by atoms with E-state index in [9.17, 15) is 9.90 Å². The number of ether oxygens (including phenoxy) is 3. The third-order valence-electron chi connectivity index (χ3n) is 4.09. The Morgan fingerprint density at radius 3 is 2.68 bits per heavy atom. The molecule has 2 heterocycles. The monoisotopic (exact) mass is 363 g/mol. The minimum absolute atomic E-state index is 0.139. The van der Waals surface area contributed by atoms with Crippen LogP contribution in [-0.2, 0) is 4.74 Å². The van der Waals surface area contributed by atoms with E-state index >= 15 is 0 Å². The van der Waals surface area contributed by atoms with E-state index in [0.29, 0.717) is 23.8 Å². The molecule has 1 aliphatic rings. The van der Waals surface area contributed by atoms with E-state index in [1.807, 2.05) is 24.3 Å². The molecule has 0 spiro atoms. The Bertz CT molecular complexity index is 752. The first-order valence-corrected chi connectivity index (χ1v) is 8.91. The lowest BCUT2D eigenvalue weighted by Crippen LogP contribution is -2.27. The second-order valence-electron chi connectivity index (χ2n) is 5.73. The fraction of sp³-hybridized carbons (Fsp3) is 0.389. The van der Waals surface area contributed by atoms with Crippen molar-refractivity contribution < 1.29 is 24.1 Å². The SMILES string of the molecule is COc1ccc(-c2cc(NC3CCCCO3)c(C(=O)O)s2)cc1OC. The van der Waals surface area contributed by atoms with E-state index in [1.54, 1.807) is 14.2 Å². The van der Waals surface area contributed by atoms with Gasteiger partial charge in [0.15, 0.2) is 11.5 Å². The number of rotatable bonds is 6. The topological polar surface area (TPSA) is 77.0 Å². The molecular formula is C18H21NO5S. The second-order valence-corrected chi connectivity index (χ2v) is 6.78. The van der Waals surface area contributed by atoms with E-state index in [2.05, 4.69) is 5.32 Å². The normalized spacial score (nSPS) is 17.1. The Morgan fingerprint density at radius 1 is 1.24 bits per heavy atom. The molecular weight excluding hydrogens is 342 g/mol. The van der Waals surface area contributed by atoms with Crippen LogP contribution in [0.15, 0.2) is 24.3 Å². The van der Waals surface area contributed by atoms with E-state index in [0.717, 1.165) is 29.7 Å². The third kappa shape index (κ3) is 3.88. The highest BCUT2D eigenvalue weighted by Crippen LogP contribution is 2.39. The summed E-state index contributed by atoms with van der Waals surface area (Å²) in [6.45, 7) is 0.701. The Morgan fingerprint density at radius 2 is 2.04 bits per heavy atom. The first kappa shape index (κ1) is 17.6. The van der Waals surface area contributed by atoms with Gasteiger partial charge in [-0.3, -0.25) is 0 Å². The van der Waals surface area contributed by atoms with Gasteiger partial charge in [0.1, 0.15) is 11.1 Å². The number of aromatic carboxylic acids is 1. The fourth-order valence-corrected chi connectivity index (χ4v) is 3.77. The highest BCUT2D eigenvalue weighted by molar-refractivity contribution is 7.18. The molecule has 1 aromatic heterocycles. The number of thiophene rings is 1. The number of benzene rings is 1. The van der Waals surface area contributed by atoms with Gasteiger partial charge in [0, 0.05) is 11.5 Å². The molecule has 0 amide bonds. The van der Waals surface area contributed by atoms with Crippen LogP contribution >= 0.6 is 11.3 Å². The average Bonchev–Trinajstić information content (AvgIpc) is 3.06. The van der Waals surface area contributed by atoms with Gasteiger partial charge in [0.25, 0.3) is 0 Å². The molecule has 7 heteroatoms. The van der Waals surface area contributed by atoms with Gasteiger partial charge >= 0.3 is 5.97 Å². The van der Waals surface area contributed by atoms with E-state index in [-0.39, 0.29) is 11.1 Å². The highest BCUT2D eigenvalue weighted by Gasteiger charge is 2.21. The number of nitrogens with one attached hydrogen (secondary N) is 1. The van der Waals surface area contributed by atoms with Gasteiger partial charge in [-0.1, -0.05) is 0 Å². The van der Waals surface area contributed by atoms with Gasteiger partial charge < -0.3 is 24.6 Å².